The summed E-state index contributed by atoms with van der Waals surface area (Å²) in [5.41, 5.74) is 2.15. The van der Waals surface area contributed by atoms with Gasteiger partial charge < -0.3 is 15.0 Å². The Hall–Kier alpha value is -2.82. The van der Waals surface area contributed by atoms with Crippen molar-refractivity contribution in [3.05, 3.63) is 59.7 Å². The number of nitrogens with zero attached hydrogens (tertiary/aromatic N) is 1. The molecular weight excluding hydrogens is 304 g/mol. The van der Waals surface area contributed by atoms with Crippen LogP contribution in [0.5, 0.6) is 5.75 Å². The van der Waals surface area contributed by atoms with Crippen molar-refractivity contribution in [2.24, 2.45) is 0 Å². The standard InChI is InChI=1S/C19H22N2O3/c1-4-21(19(23)17-11-6-5-8-14(17)2)13-18(22)20-15-9-7-10-16(12-15)24-3/h5-12H,4,13H2,1-3H3,(H,20,22). The van der Waals surface area contributed by atoms with Gasteiger partial charge >= 0.3 is 0 Å². The largest absolute Gasteiger partial charge is 0.497 e. The van der Waals surface area contributed by atoms with Gasteiger partial charge in [-0.05, 0) is 37.6 Å². The van der Waals surface area contributed by atoms with E-state index in [1.165, 1.54) is 4.90 Å². The highest BCUT2D eigenvalue weighted by molar-refractivity contribution is 6.00. The van der Waals surface area contributed by atoms with Gasteiger partial charge in [0.15, 0.2) is 0 Å². The van der Waals surface area contributed by atoms with Gasteiger partial charge in [-0.15, -0.1) is 0 Å². The molecule has 126 valence electrons. The Kier molecular flexibility index (Phi) is 5.95. The molecule has 0 unspecified atom stereocenters. The molecule has 0 spiro atoms. The van der Waals surface area contributed by atoms with Crippen molar-refractivity contribution >= 4 is 17.5 Å². The molecule has 0 fully saturated rings. The fourth-order valence-corrected chi connectivity index (χ4v) is 2.39. The molecule has 24 heavy (non-hydrogen) atoms. The molecule has 0 bridgehead atoms. The normalized spacial score (nSPS) is 10.1. The van der Waals surface area contributed by atoms with Crippen LogP contribution in [0.4, 0.5) is 5.69 Å². The molecule has 2 rings (SSSR count). The lowest BCUT2D eigenvalue weighted by Crippen LogP contribution is -2.38. The van der Waals surface area contributed by atoms with E-state index in [-0.39, 0.29) is 18.4 Å². The fourth-order valence-electron chi connectivity index (χ4n) is 2.39. The number of amides is 2. The van der Waals surface area contributed by atoms with Gasteiger partial charge in [0.05, 0.1) is 7.11 Å². The number of carbonyl (C=O) groups is 2. The minimum absolute atomic E-state index is 0.000870. The number of anilines is 1. The zero-order valence-corrected chi connectivity index (χ0v) is 14.2. The highest BCUT2D eigenvalue weighted by Crippen LogP contribution is 2.17. The van der Waals surface area contributed by atoms with Crippen molar-refractivity contribution < 1.29 is 14.3 Å². The molecule has 2 aromatic carbocycles. The van der Waals surface area contributed by atoms with Gasteiger partial charge in [-0.1, -0.05) is 24.3 Å². The van der Waals surface area contributed by atoms with Crippen molar-refractivity contribution in [2.75, 3.05) is 25.5 Å². The Morgan fingerprint density at radius 3 is 2.54 bits per heavy atom. The number of rotatable bonds is 6. The average molecular weight is 326 g/mol. The fraction of sp³-hybridized carbons (Fsp3) is 0.263. The number of nitrogens with one attached hydrogen (secondary N) is 1. The lowest BCUT2D eigenvalue weighted by molar-refractivity contribution is -0.116. The van der Waals surface area contributed by atoms with Crippen molar-refractivity contribution in [1.82, 2.24) is 4.90 Å². The second kappa shape index (κ2) is 8.15. The molecule has 0 aliphatic rings. The van der Waals surface area contributed by atoms with Gasteiger partial charge in [-0.3, -0.25) is 9.59 Å². The maximum atomic E-state index is 12.6. The third-order valence-electron chi connectivity index (χ3n) is 3.73. The van der Waals surface area contributed by atoms with Gasteiger partial charge in [0.2, 0.25) is 5.91 Å². The molecule has 0 aliphatic heterocycles. The number of likely N-dealkylation sites (N-methyl/N-ethyl adjacent to an activating group) is 1. The number of ether oxygens (including phenoxy) is 1. The maximum Gasteiger partial charge on any atom is 0.254 e. The number of hydrogen-bond donors (Lipinski definition) is 1. The minimum Gasteiger partial charge on any atom is -0.497 e. The van der Waals surface area contributed by atoms with E-state index in [9.17, 15) is 9.59 Å². The van der Waals surface area contributed by atoms with Crippen LogP contribution in [0.25, 0.3) is 0 Å². The topological polar surface area (TPSA) is 58.6 Å². The summed E-state index contributed by atoms with van der Waals surface area (Å²) in [5, 5.41) is 2.79. The van der Waals surface area contributed by atoms with Crippen molar-refractivity contribution in [3.63, 3.8) is 0 Å². The van der Waals surface area contributed by atoms with Crippen LogP contribution in [0.15, 0.2) is 48.5 Å². The zero-order chi connectivity index (χ0) is 17.5. The van der Waals surface area contributed by atoms with Crippen LogP contribution in [0.3, 0.4) is 0 Å². The van der Waals surface area contributed by atoms with E-state index < -0.39 is 0 Å². The molecule has 0 saturated carbocycles. The SMILES string of the molecule is CCN(CC(=O)Nc1cccc(OC)c1)C(=O)c1ccccc1C. The summed E-state index contributed by atoms with van der Waals surface area (Å²) in [4.78, 5) is 26.4. The van der Waals surface area contributed by atoms with Crippen molar-refractivity contribution in [1.29, 1.82) is 0 Å². The quantitative estimate of drug-likeness (QED) is 0.887. The third kappa shape index (κ3) is 4.35. The Balaban J connectivity index is 2.05. The van der Waals surface area contributed by atoms with Crippen LogP contribution in [-0.2, 0) is 4.79 Å². The minimum atomic E-state index is -0.243. The van der Waals surface area contributed by atoms with Crippen molar-refractivity contribution in [2.45, 2.75) is 13.8 Å². The monoisotopic (exact) mass is 326 g/mol. The first-order valence-corrected chi connectivity index (χ1v) is 7.84. The average Bonchev–Trinajstić information content (AvgIpc) is 2.59. The molecule has 0 heterocycles. The predicted molar refractivity (Wildman–Crippen MR) is 94.4 cm³/mol. The lowest BCUT2D eigenvalue weighted by Gasteiger charge is -2.21. The highest BCUT2D eigenvalue weighted by Gasteiger charge is 2.18. The molecule has 5 heteroatoms. The number of benzene rings is 2. The maximum absolute atomic E-state index is 12.6. The Labute approximate surface area is 142 Å². The van der Waals surface area contributed by atoms with E-state index in [4.69, 9.17) is 4.74 Å². The van der Waals surface area contributed by atoms with Crippen LogP contribution >= 0.6 is 0 Å². The highest BCUT2D eigenvalue weighted by atomic mass is 16.5. The first kappa shape index (κ1) is 17.5. The van der Waals surface area contributed by atoms with Crippen LogP contribution in [0.1, 0.15) is 22.8 Å². The Bertz CT molecular complexity index is 728. The summed E-state index contributed by atoms with van der Waals surface area (Å²) in [7, 11) is 1.57. The Morgan fingerprint density at radius 2 is 1.88 bits per heavy atom. The second-order valence-electron chi connectivity index (χ2n) is 5.41. The first-order valence-electron chi connectivity index (χ1n) is 7.84. The summed E-state index contributed by atoms with van der Waals surface area (Å²) < 4.78 is 5.13. The second-order valence-corrected chi connectivity index (χ2v) is 5.41. The zero-order valence-electron chi connectivity index (χ0n) is 14.2. The molecule has 0 saturated heterocycles. The first-order chi connectivity index (χ1) is 11.5. The van der Waals surface area contributed by atoms with E-state index in [0.29, 0.717) is 23.5 Å². The molecule has 0 atom stereocenters. The molecule has 0 radical (unpaired) electrons. The van der Waals surface area contributed by atoms with Gasteiger partial charge in [0, 0.05) is 23.9 Å². The lowest BCUT2D eigenvalue weighted by atomic mass is 10.1. The van der Waals surface area contributed by atoms with Gasteiger partial charge in [0.1, 0.15) is 12.3 Å². The van der Waals surface area contributed by atoms with Gasteiger partial charge in [-0.2, -0.15) is 0 Å². The van der Waals surface area contributed by atoms with E-state index in [0.717, 1.165) is 5.56 Å². The van der Waals surface area contributed by atoms with Crippen LogP contribution < -0.4 is 10.1 Å². The van der Waals surface area contributed by atoms with Gasteiger partial charge in [0.25, 0.3) is 5.91 Å². The van der Waals surface area contributed by atoms with E-state index in [2.05, 4.69) is 5.32 Å². The molecule has 0 aliphatic carbocycles. The summed E-state index contributed by atoms with van der Waals surface area (Å²) in [6, 6.07) is 14.5. The van der Waals surface area contributed by atoms with Crippen LogP contribution in [0, 0.1) is 6.92 Å². The van der Waals surface area contributed by atoms with Crippen molar-refractivity contribution in [3.8, 4) is 5.75 Å². The van der Waals surface area contributed by atoms with Gasteiger partial charge in [-0.25, -0.2) is 0 Å². The summed E-state index contributed by atoms with van der Waals surface area (Å²) >= 11 is 0. The van der Waals surface area contributed by atoms with Crippen LogP contribution in [0.2, 0.25) is 0 Å². The summed E-state index contributed by atoms with van der Waals surface area (Å²) in [6.07, 6.45) is 0. The Morgan fingerprint density at radius 1 is 1.12 bits per heavy atom. The molecular formula is C19H22N2O3. The third-order valence-corrected chi connectivity index (χ3v) is 3.73. The number of carbonyl (C=O) groups excluding carboxylic acids is 2. The summed E-state index contributed by atoms with van der Waals surface area (Å²) in [5.74, 6) is 0.277. The predicted octanol–water partition coefficient (Wildman–Crippen LogP) is 3.10. The number of aryl methyl sites for hydroxylation is 1. The number of hydrogen-bond acceptors (Lipinski definition) is 3. The molecule has 0 aromatic heterocycles. The summed E-state index contributed by atoms with van der Waals surface area (Å²) in [6.45, 7) is 4.20. The molecule has 2 aromatic rings. The van der Waals surface area contributed by atoms with E-state index in [1.807, 2.05) is 32.0 Å². The molecule has 2 amide bonds. The van der Waals surface area contributed by atoms with Crippen LogP contribution in [-0.4, -0.2) is 36.9 Å². The van der Waals surface area contributed by atoms with E-state index in [1.54, 1.807) is 37.4 Å². The smallest absolute Gasteiger partial charge is 0.254 e. The van der Waals surface area contributed by atoms with E-state index >= 15 is 0 Å². The number of methoxy groups -OCH3 is 1. The molecule has 1 N–H and O–H groups in total. The molecule has 5 nitrogen and oxygen atoms in total.